The van der Waals surface area contributed by atoms with Crippen molar-refractivity contribution >= 4 is 11.9 Å². The number of alkyl halides is 1. The van der Waals surface area contributed by atoms with Gasteiger partial charge in [-0.25, -0.2) is 4.79 Å². The fourth-order valence-corrected chi connectivity index (χ4v) is 5.22. The molecule has 0 saturated carbocycles. The second-order valence-electron chi connectivity index (χ2n) is 9.10. The second-order valence-corrected chi connectivity index (χ2v) is 11.1. The first-order chi connectivity index (χ1) is 17.3. The molecule has 0 saturated heterocycles. The molecule has 0 aromatic heterocycles. The first-order valence-corrected chi connectivity index (χ1v) is 15.7. The van der Waals surface area contributed by atoms with Crippen LogP contribution in [0.3, 0.4) is 0 Å². The van der Waals surface area contributed by atoms with Gasteiger partial charge in [0.05, 0.1) is 5.56 Å². The summed E-state index contributed by atoms with van der Waals surface area (Å²) in [5.74, 6) is -2.73. The molecule has 1 rings (SSSR count). The molecule has 2 atom stereocenters. The van der Waals surface area contributed by atoms with Crippen LogP contribution in [0.15, 0.2) is 42.0 Å². The topological polar surface area (TPSA) is 150 Å². The van der Waals surface area contributed by atoms with E-state index in [2.05, 4.69) is 25.2 Å². The van der Waals surface area contributed by atoms with Gasteiger partial charge in [0, 0.05) is 0 Å². The maximum absolute atomic E-state index is 11.8. The Labute approximate surface area is 226 Å². The molecule has 36 heavy (non-hydrogen) atoms. The van der Waals surface area contributed by atoms with Gasteiger partial charge in [-0.3, -0.25) is 0 Å². The van der Waals surface area contributed by atoms with E-state index in [4.69, 9.17) is 9.68 Å². The Bertz CT molecular complexity index is 856. The molecule has 7 nitrogen and oxygen atoms in total. The molecule has 0 amide bonds. The number of aliphatic carboxylic acids is 1. The van der Waals surface area contributed by atoms with Gasteiger partial charge in [-0.2, -0.15) is 0 Å². The first-order valence-electron chi connectivity index (χ1n) is 13.0. The fraction of sp³-hybridized carbons (Fsp3) is 0.571. The number of halogens is 1. The Kier molecular flexibility index (Phi) is 17.2. The van der Waals surface area contributed by atoms with E-state index in [1.807, 2.05) is 0 Å². The fourth-order valence-electron chi connectivity index (χ4n) is 4.34. The van der Waals surface area contributed by atoms with Crippen molar-refractivity contribution in [2.45, 2.75) is 90.0 Å². The molecule has 0 aliphatic heterocycles. The average Bonchev–Trinajstić information content (AvgIpc) is 2.84. The molecule has 8 heteroatoms. The monoisotopic (exact) mass is 614 g/mol. The SMILES string of the molecule is CCC/C=C\C/C(=C\CCCCCCCc1cccc([O-])c1C(=O)O)C(CCC[I-]N)C(N)C(=O)O. The predicted octanol–water partition coefficient (Wildman–Crippen LogP) is 1.79. The Morgan fingerprint density at radius 3 is 2.44 bits per heavy atom. The third-order valence-corrected chi connectivity index (χ3v) is 7.70. The van der Waals surface area contributed by atoms with Gasteiger partial charge < -0.3 is 10.2 Å². The summed E-state index contributed by atoms with van der Waals surface area (Å²) in [5.41, 5.74) is 7.72. The van der Waals surface area contributed by atoms with E-state index in [0.717, 1.165) is 80.6 Å². The van der Waals surface area contributed by atoms with Crippen LogP contribution in [0.4, 0.5) is 0 Å². The Balaban J connectivity index is 2.62. The molecule has 204 valence electrons. The molecule has 1 aromatic rings. The van der Waals surface area contributed by atoms with Crippen LogP contribution in [0.25, 0.3) is 0 Å². The van der Waals surface area contributed by atoms with Gasteiger partial charge in [0.25, 0.3) is 0 Å². The van der Waals surface area contributed by atoms with Gasteiger partial charge in [0.2, 0.25) is 0 Å². The normalized spacial score (nSPS) is 13.8. The molecule has 0 heterocycles. The van der Waals surface area contributed by atoms with Crippen LogP contribution < -0.4 is 36.3 Å². The molecule has 0 aliphatic rings. The number of carbonyl (C=O) groups is 2. The van der Waals surface area contributed by atoms with Gasteiger partial charge in [0.15, 0.2) is 0 Å². The second kappa shape index (κ2) is 19.2. The van der Waals surface area contributed by atoms with E-state index in [1.54, 1.807) is 12.1 Å². The number of benzene rings is 1. The number of hydrogen-bond donors (Lipinski definition) is 4. The van der Waals surface area contributed by atoms with Crippen LogP contribution in [-0.2, 0) is 11.2 Å². The summed E-state index contributed by atoms with van der Waals surface area (Å²) in [5, 5.41) is 30.7. The molecule has 0 radical (unpaired) electrons. The number of carboxylic acids is 2. The van der Waals surface area contributed by atoms with Crippen molar-refractivity contribution in [1.29, 1.82) is 0 Å². The number of allylic oxidation sites excluding steroid dienone is 3. The zero-order valence-corrected chi connectivity index (χ0v) is 23.6. The molecule has 1 aromatic carbocycles. The van der Waals surface area contributed by atoms with E-state index >= 15 is 0 Å². The van der Waals surface area contributed by atoms with Crippen LogP contribution in [0.1, 0.15) is 93.5 Å². The summed E-state index contributed by atoms with van der Waals surface area (Å²) in [6, 6.07) is 3.73. The van der Waals surface area contributed by atoms with Crippen molar-refractivity contribution in [2.24, 2.45) is 15.6 Å². The van der Waals surface area contributed by atoms with Crippen molar-refractivity contribution in [2.75, 3.05) is 4.43 Å². The summed E-state index contributed by atoms with van der Waals surface area (Å²) in [6.45, 7) is 2.13. The van der Waals surface area contributed by atoms with Crippen molar-refractivity contribution in [3.8, 4) is 5.75 Å². The van der Waals surface area contributed by atoms with Crippen LogP contribution >= 0.6 is 0 Å². The average molecular weight is 615 g/mol. The minimum atomic E-state index is -1.16. The van der Waals surface area contributed by atoms with Gasteiger partial charge >= 0.3 is 171 Å². The van der Waals surface area contributed by atoms with E-state index in [-0.39, 0.29) is 33.0 Å². The Morgan fingerprint density at radius 1 is 1.06 bits per heavy atom. The van der Waals surface area contributed by atoms with E-state index < -0.39 is 23.7 Å². The zero-order valence-electron chi connectivity index (χ0n) is 21.5. The molecular formula is C28H43IN2O5-2. The number of aromatic carboxylic acids is 1. The number of carboxylic acid groups (broad SMARTS) is 2. The molecule has 6 N–H and O–H groups in total. The first kappa shape index (κ1) is 32.1. The molecule has 2 unspecified atom stereocenters. The quantitative estimate of drug-likeness (QED) is 0.0575. The Hall–Kier alpha value is -1.91. The number of nitrogens with two attached hydrogens (primary N) is 2. The summed E-state index contributed by atoms with van der Waals surface area (Å²) >= 11 is -0.307. The number of aryl methyl sites for hydroxylation is 1. The van der Waals surface area contributed by atoms with E-state index in [9.17, 15) is 24.9 Å². The summed E-state index contributed by atoms with van der Waals surface area (Å²) in [6.07, 6.45) is 17.3. The van der Waals surface area contributed by atoms with Crippen LogP contribution in [0.5, 0.6) is 5.75 Å². The predicted molar refractivity (Wildman–Crippen MR) is 138 cm³/mol. The molecule has 0 spiro atoms. The molecule has 0 fully saturated rings. The van der Waals surface area contributed by atoms with Crippen molar-refractivity contribution < 1.29 is 46.4 Å². The maximum atomic E-state index is 11.8. The van der Waals surface area contributed by atoms with Crippen LogP contribution in [-0.4, -0.2) is 32.6 Å². The van der Waals surface area contributed by atoms with Crippen molar-refractivity contribution in [1.82, 2.24) is 0 Å². The van der Waals surface area contributed by atoms with Gasteiger partial charge in [0.1, 0.15) is 0 Å². The van der Waals surface area contributed by atoms with Gasteiger partial charge in [-0.15, -0.1) is 0 Å². The Morgan fingerprint density at radius 2 is 1.78 bits per heavy atom. The number of unbranched alkanes of at least 4 members (excludes halogenated alkanes) is 6. The number of hydrogen-bond acceptors (Lipinski definition) is 5. The van der Waals surface area contributed by atoms with Crippen molar-refractivity contribution in [3.05, 3.63) is 53.1 Å². The van der Waals surface area contributed by atoms with E-state index in [1.165, 1.54) is 6.07 Å². The van der Waals surface area contributed by atoms with Gasteiger partial charge in [-0.05, 0) is 12.0 Å². The van der Waals surface area contributed by atoms with Gasteiger partial charge in [-0.1, -0.05) is 23.9 Å². The molecular weight excluding hydrogens is 571 g/mol. The molecule has 0 bridgehead atoms. The van der Waals surface area contributed by atoms with Crippen LogP contribution in [0.2, 0.25) is 0 Å². The summed E-state index contributed by atoms with van der Waals surface area (Å²) in [4.78, 5) is 23.0. The third kappa shape index (κ3) is 12.4. The summed E-state index contributed by atoms with van der Waals surface area (Å²) < 4.78 is 6.71. The zero-order chi connectivity index (χ0) is 26.8. The number of rotatable bonds is 20. The third-order valence-electron chi connectivity index (χ3n) is 6.31. The summed E-state index contributed by atoms with van der Waals surface area (Å²) in [7, 11) is 0. The van der Waals surface area contributed by atoms with E-state index in [0.29, 0.717) is 12.0 Å². The minimum absolute atomic E-state index is 0.106. The van der Waals surface area contributed by atoms with Crippen molar-refractivity contribution in [3.63, 3.8) is 0 Å². The van der Waals surface area contributed by atoms with Crippen LogP contribution in [0, 0.1) is 5.92 Å². The molecule has 0 aliphatic carbocycles. The standard InChI is InChI=1S/C28H44IN2O5/c1-2-3-4-9-14-21(23(18-13-20-29-31)26(30)28(35)36)15-10-7-5-6-8-11-16-22-17-12-19-24(32)25(22)27(33)34/h4,9,12,15,17,19,23,26,32H,2-3,5-8,10-11,13-14,16,18,20,30-31H2,1H3,(H,33,34)(H,35,36)/q-1/p-1/b9-4-,21-15+.